The summed E-state index contributed by atoms with van der Waals surface area (Å²) in [6.45, 7) is 0.170. The molecule has 70 valence electrons. The molecular weight excluding hydrogens is 163 g/mol. The predicted octanol–water partition coefficient (Wildman–Crippen LogP) is 1.23. The highest BCUT2D eigenvalue weighted by molar-refractivity contribution is 5.74. The minimum absolute atomic E-state index is 0.0718. The maximum atomic E-state index is 12.1. The molecule has 0 spiro atoms. The Morgan fingerprint density at radius 3 is 2.83 bits per heavy atom. The van der Waals surface area contributed by atoms with Crippen LogP contribution >= 0.6 is 0 Å². The quantitative estimate of drug-likeness (QED) is 0.703. The highest BCUT2D eigenvalue weighted by Gasteiger charge is 2.40. The number of carbonyl (C=O) groups is 1. The molecule has 0 aromatic rings. The van der Waals surface area contributed by atoms with Gasteiger partial charge in [0.05, 0.1) is 18.7 Å². The van der Waals surface area contributed by atoms with Crippen LogP contribution in [0.4, 0.5) is 4.39 Å². The lowest BCUT2D eigenvalue weighted by atomic mass is 9.80. The molecule has 1 aliphatic rings. The van der Waals surface area contributed by atoms with Crippen LogP contribution < -0.4 is 0 Å². The topological polar surface area (TPSA) is 46.5 Å². The highest BCUT2D eigenvalue weighted by atomic mass is 19.1. The Morgan fingerprint density at radius 2 is 2.42 bits per heavy atom. The average molecular weight is 176 g/mol. The number of halogens is 1. The van der Waals surface area contributed by atoms with Gasteiger partial charge in [-0.1, -0.05) is 0 Å². The third kappa shape index (κ3) is 1.75. The van der Waals surface area contributed by atoms with Gasteiger partial charge in [0, 0.05) is 6.61 Å². The minimum Gasteiger partial charge on any atom is -0.481 e. The van der Waals surface area contributed by atoms with Crippen molar-refractivity contribution in [2.45, 2.75) is 19.3 Å². The summed E-state index contributed by atoms with van der Waals surface area (Å²) in [5.41, 5.74) is -0.951. The van der Waals surface area contributed by atoms with Crippen LogP contribution in [0.3, 0.4) is 0 Å². The summed E-state index contributed by atoms with van der Waals surface area (Å²) in [5, 5.41) is 8.87. The Hall–Kier alpha value is -0.640. The Kier molecular flexibility index (Phi) is 3.03. The van der Waals surface area contributed by atoms with Gasteiger partial charge in [-0.25, -0.2) is 0 Å². The Bertz CT molecular complexity index is 158. The van der Waals surface area contributed by atoms with E-state index in [0.717, 1.165) is 0 Å². The van der Waals surface area contributed by atoms with Crippen molar-refractivity contribution >= 4 is 5.97 Å². The van der Waals surface area contributed by atoms with E-state index in [1.54, 1.807) is 0 Å². The molecule has 0 radical (unpaired) electrons. The molecule has 0 amide bonds. The van der Waals surface area contributed by atoms with Crippen LogP contribution in [0.15, 0.2) is 0 Å². The van der Waals surface area contributed by atoms with Gasteiger partial charge in [0.25, 0.3) is 0 Å². The van der Waals surface area contributed by atoms with Gasteiger partial charge in [-0.3, -0.25) is 9.18 Å². The molecule has 0 saturated carbocycles. The largest absolute Gasteiger partial charge is 0.481 e. The highest BCUT2D eigenvalue weighted by Crippen LogP contribution is 2.32. The van der Waals surface area contributed by atoms with Crippen LogP contribution in [-0.2, 0) is 9.53 Å². The molecule has 1 fully saturated rings. The van der Waals surface area contributed by atoms with Crippen molar-refractivity contribution < 1.29 is 19.0 Å². The zero-order valence-electron chi connectivity index (χ0n) is 6.88. The maximum absolute atomic E-state index is 12.1. The standard InChI is InChI=1S/C8H13FO3/c9-4-3-8(7(10)11)2-1-5-12-6-8/h1-6H2,(H,10,11). The first-order valence-corrected chi connectivity index (χ1v) is 4.08. The van der Waals surface area contributed by atoms with Crippen LogP contribution in [0.2, 0.25) is 0 Å². The van der Waals surface area contributed by atoms with E-state index in [1.807, 2.05) is 0 Å². The van der Waals surface area contributed by atoms with E-state index >= 15 is 0 Å². The summed E-state index contributed by atoms with van der Waals surface area (Å²) >= 11 is 0. The van der Waals surface area contributed by atoms with Crippen molar-refractivity contribution in [3.63, 3.8) is 0 Å². The molecule has 1 heterocycles. The van der Waals surface area contributed by atoms with Crippen LogP contribution in [0.5, 0.6) is 0 Å². The van der Waals surface area contributed by atoms with Crippen molar-refractivity contribution in [1.29, 1.82) is 0 Å². The Balaban J connectivity index is 2.63. The number of hydrogen-bond donors (Lipinski definition) is 1. The maximum Gasteiger partial charge on any atom is 0.312 e. The molecule has 1 saturated heterocycles. The van der Waals surface area contributed by atoms with E-state index in [4.69, 9.17) is 9.84 Å². The monoisotopic (exact) mass is 176 g/mol. The lowest BCUT2D eigenvalue weighted by Gasteiger charge is -2.31. The van der Waals surface area contributed by atoms with Crippen molar-refractivity contribution in [3.05, 3.63) is 0 Å². The molecule has 0 aromatic carbocycles. The number of aliphatic carboxylic acids is 1. The second kappa shape index (κ2) is 3.85. The number of carboxylic acid groups (broad SMARTS) is 1. The lowest BCUT2D eigenvalue weighted by molar-refractivity contribution is -0.158. The minimum atomic E-state index is -0.951. The van der Waals surface area contributed by atoms with Gasteiger partial charge in [0.2, 0.25) is 0 Å². The van der Waals surface area contributed by atoms with Gasteiger partial charge in [-0.05, 0) is 19.3 Å². The SMILES string of the molecule is O=C(O)C1(CCF)CCCOC1. The fourth-order valence-corrected chi connectivity index (χ4v) is 1.51. The molecule has 4 heteroatoms. The molecule has 0 bridgehead atoms. The fraction of sp³-hybridized carbons (Fsp3) is 0.875. The summed E-state index contributed by atoms with van der Waals surface area (Å²) in [7, 11) is 0. The van der Waals surface area contributed by atoms with Gasteiger partial charge in [0.1, 0.15) is 0 Å². The first kappa shape index (κ1) is 9.45. The Labute approximate surface area is 70.5 Å². The molecule has 12 heavy (non-hydrogen) atoms. The second-order valence-corrected chi connectivity index (χ2v) is 3.18. The van der Waals surface area contributed by atoms with E-state index in [1.165, 1.54) is 0 Å². The molecule has 1 atom stereocenters. The van der Waals surface area contributed by atoms with Crippen molar-refractivity contribution in [3.8, 4) is 0 Å². The van der Waals surface area contributed by atoms with Crippen molar-refractivity contribution in [1.82, 2.24) is 0 Å². The first-order valence-electron chi connectivity index (χ1n) is 4.08. The number of ether oxygens (including phenoxy) is 1. The molecule has 0 aliphatic carbocycles. The van der Waals surface area contributed by atoms with E-state index in [0.29, 0.717) is 19.4 Å². The zero-order valence-corrected chi connectivity index (χ0v) is 6.88. The second-order valence-electron chi connectivity index (χ2n) is 3.18. The third-order valence-electron chi connectivity index (χ3n) is 2.35. The molecular formula is C8H13FO3. The van der Waals surface area contributed by atoms with Crippen molar-refractivity contribution in [2.24, 2.45) is 5.41 Å². The molecule has 1 unspecified atom stereocenters. The number of carboxylic acids is 1. The number of alkyl halides is 1. The lowest BCUT2D eigenvalue weighted by Crippen LogP contribution is -2.39. The van der Waals surface area contributed by atoms with Gasteiger partial charge in [0.15, 0.2) is 0 Å². The van der Waals surface area contributed by atoms with Crippen LogP contribution in [0, 0.1) is 5.41 Å². The molecule has 1 aliphatic heterocycles. The molecule has 1 N–H and O–H groups in total. The smallest absolute Gasteiger partial charge is 0.312 e. The van der Waals surface area contributed by atoms with E-state index < -0.39 is 18.1 Å². The summed E-state index contributed by atoms with van der Waals surface area (Å²) < 4.78 is 17.1. The fourth-order valence-electron chi connectivity index (χ4n) is 1.51. The third-order valence-corrected chi connectivity index (χ3v) is 2.35. The van der Waals surface area contributed by atoms with Crippen LogP contribution in [0.25, 0.3) is 0 Å². The summed E-state index contributed by atoms with van der Waals surface area (Å²) in [5.74, 6) is -0.931. The van der Waals surface area contributed by atoms with Crippen LogP contribution in [0.1, 0.15) is 19.3 Å². The van der Waals surface area contributed by atoms with E-state index in [9.17, 15) is 9.18 Å². The molecule has 3 nitrogen and oxygen atoms in total. The summed E-state index contributed by atoms with van der Waals surface area (Å²) in [6.07, 6.45) is 1.32. The van der Waals surface area contributed by atoms with E-state index in [-0.39, 0.29) is 13.0 Å². The normalized spacial score (nSPS) is 30.1. The molecule has 1 rings (SSSR count). The average Bonchev–Trinajstić information content (AvgIpc) is 2.06. The number of hydrogen-bond acceptors (Lipinski definition) is 2. The Morgan fingerprint density at radius 1 is 1.67 bits per heavy atom. The van der Waals surface area contributed by atoms with Crippen molar-refractivity contribution in [2.75, 3.05) is 19.9 Å². The summed E-state index contributed by atoms with van der Waals surface area (Å²) in [4.78, 5) is 10.8. The zero-order chi connectivity index (χ0) is 9.03. The number of rotatable bonds is 3. The summed E-state index contributed by atoms with van der Waals surface area (Å²) in [6, 6.07) is 0. The van der Waals surface area contributed by atoms with E-state index in [2.05, 4.69) is 0 Å². The molecule has 0 aromatic heterocycles. The van der Waals surface area contributed by atoms with Crippen LogP contribution in [-0.4, -0.2) is 31.0 Å². The van der Waals surface area contributed by atoms with Gasteiger partial charge >= 0.3 is 5.97 Å². The predicted molar refractivity (Wildman–Crippen MR) is 40.7 cm³/mol. The first-order chi connectivity index (χ1) is 5.71. The van der Waals surface area contributed by atoms with Gasteiger partial charge in [-0.15, -0.1) is 0 Å². The van der Waals surface area contributed by atoms with Gasteiger partial charge in [-0.2, -0.15) is 0 Å². The van der Waals surface area contributed by atoms with Gasteiger partial charge < -0.3 is 9.84 Å².